The Labute approximate surface area is 137 Å². The smallest absolute Gasteiger partial charge is 0.229 e. The first-order chi connectivity index (χ1) is 10.5. The Bertz CT molecular complexity index is 666. The summed E-state index contributed by atoms with van der Waals surface area (Å²) < 4.78 is 25.1. The Kier molecular flexibility index (Phi) is 6.28. The van der Waals surface area contributed by atoms with Gasteiger partial charge in [-0.3, -0.25) is 14.3 Å². The molecule has 1 aromatic rings. The summed E-state index contributed by atoms with van der Waals surface area (Å²) in [5.74, 6) is -0.131. The Morgan fingerprint density at radius 1 is 1.13 bits per heavy atom. The summed E-state index contributed by atoms with van der Waals surface area (Å²) >= 11 is 0. The van der Waals surface area contributed by atoms with Gasteiger partial charge in [0.05, 0.1) is 33.4 Å². The van der Waals surface area contributed by atoms with E-state index in [1.54, 1.807) is 24.3 Å². The highest BCUT2D eigenvalue weighted by Gasteiger charge is 2.21. The number of carbonyl (C=O) groups excluding carboxylic acids is 2. The molecular weight excluding hydrogens is 318 g/mol. The van der Waals surface area contributed by atoms with Crippen LogP contribution in [0.1, 0.15) is 17.3 Å². The van der Waals surface area contributed by atoms with Crippen molar-refractivity contribution in [2.75, 3.05) is 44.7 Å². The van der Waals surface area contributed by atoms with Gasteiger partial charge in [-0.05, 0) is 24.3 Å². The van der Waals surface area contributed by atoms with Gasteiger partial charge in [0, 0.05) is 18.2 Å². The number of benzene rings is 1. The third kappa shape index (κ3) is 7.75. The molecule has 0 radical (unpaired) electrons. The van der Waals surface area contributed by atoms with Crippen molar-refractivity contribution in [2.24, 2.45) is 0 Å². The van der Waals surface area contributed by atoms with E-state index >= 15 is 0 Å². The molecule has 0 spiro atoms. The van der Waals surface area contributed by atoms with Gasteiger partial charge >= 0.3 is 0 Å². The van der Waals surface area contributed by atoms with Gasteiger partial charge in [0.2, 0.25) is 21.7 Å². The summed E-state index contributed by atoms with van der Waals surface area (Å²) in [7, 11) is 0.503. The van der Waals surface area contributed by atoms with Crippen molar-refractivity contribution >= 4 is 27.4 Å². The van der Waals surface area contributed by atoms with Crippen LogP contribution in [0, 0.1) is 0 Å². The number of sulfonamides is 1. The molecular formula is C15H24N3O4S+. The first kappa shape index (κ1) is 19.1. The fourth-order valence-corrected chi connectivity index (χ4v) is 2.60. The van der Waals surface area contributed by atoms with Crippen molar-refractivity contribution in [3.05, 3.63) is 29.8 Å². The molecule has 1 amide bonds. The molecule has 2 N–H and O–H groups in total. The third-order valence-electron chi connectivity index (χ3n) is 3.17. The summed E-state index contributed by atoms with van der Waals surface area (Å²) in [6.45, 7) is 2.89. The predicted octanol–water partition coefficient (Wildman–Crippen LogP) is 0.453. The number of nitrogens with one attached hydrogen (secondary N) is 2. The molecule has 0 aliphatic rings. The van der Waals surface area contributed by atoms with E-state index in [0.29, 0.717) is 35.4 Å². The highest BCUT2D eigenvalue weighted by Crippen LogP contribution is 2.12. The molecule has 0 heterocycles. The molecule has 0 bridgehead atoms. The molecule has 23 heavy (non-hydrogen) atoms. The maximum atomic E-state index is 12.3. The second-order valence-electron chi connectivity index (χ2n) is 6.18. The number of Topliss-reactive ketones (excluding diaryl/α,β-unsaturated/α-hetero) is 1. The third-order valence-corrected chi connectivity index (χ3v) is 3.78. The molecule has 0 atom stereocenters. The second-order valence-corrected chi connectivity index (χ2v) is 7.92. The van der Waals surface area contributed by atoms with Crippen LogP contribution in [-0.4, -0.2) is 64.6 Å². The lowest BCUT2D eigenvalue weighted by Gasteiger charge is -2.29. The van der Waals surface area contributed by atoms with Crippen molar-refractivity contribution in [3.8, 4) is 0 Å². The highest BCUT2D eigenvalue weighted by molar-refractivity contribution is 7.92. The van der Waals surface area contributed by atoms with Crippen molar-refractivity contribution in [1.82, 2.24) is 5.32 Å². The van der Waals surface area contributed by atoms with E-state index in [1.807, 2.05) is 14.1 Å². The number of hydrogen-bond acceptors (Lipinski definition) is 4. The van der Waals surface area contributed by atoms with E-state index in [1.165, 1.54) is 6.92 Å². The van der Waals surface area contributed by atoms with Gasteiger partial charge in [-0.25, -0.2) is 8.42 Å². The molecule has 8 heteroatoms. The van der Waals surface area contributed by atoms with Crippen LogP contribution in [-0.2, 0) is 14.8 Å². The predicted molar refractivity (Wildman–Crippen MR) is 89.8 cm³/mol. The topological polar surface area (TPSA) is 92.3 Å². The minimum atomic E-state index is -3.33. The van der Waals surface area contributed by atoms with E-state index in [4.69, 9.17) is 0 Å². The zero-order valence-electron chi connectivity index (χ0n) is 13.9. The SMILES string of the molecule is CC(=O)NCC[N+](C)(C)CC(=O)c1ccc(NS(C)(=O)=O)cc1. The Morgan fingerprint density at radius 3 is 2.17 bits per heavy atom. The summed E-state index contributed by atoms with van der Waals surface area (Å²) in [5.41, 5.74) is 0.943. The second kappa shape index (κ2) is 7.56. The van der Waals surface area contributed by atoms with Crippen molar-refractivity contribution < 1.29 is 22.5 Å². The lowest BCUT2D eigenvalue weighted by atomic mass is 10.1. The molecule has 0 unspecified atom stereocenters. The monoisotopic (exact) mass is 342 g/mol. The molecule has 0 saturated carbocycles. The van der Waals surface area contributed by atoms with Crippen LogP contribution >= 0.6 is 0 Å². The number of amides is 1. The first-order valence-electron chi connectivity index (χ1n) is 7.16. The molecule has 1 rings (SSSR count). The van der Waals surface area contributed by atoms with E-state index in [9.17, 15) is 18.0 Å². The van der Waals surface area contributed by atoms with Gasteiger partial charge in [0.1, 0.15) is 6.54 Å². The minimum absolute atomic E-state index is 0.0382. The average molecular weight is 342 g/mol. The Morgan fingerprint density at radius 2 is 1.70 bits per heavy atom. The summed E-state index contributed by atoms with van der Waals surface area (Å²) in [6.07, 6.45) is 1.07. The van der Waals surface area contributed by atoms with E-state index in [-0.39, 0.29) is 11.7 Å². The number of carbonyl (C=O) groups is 2. The Hall–Kier alpha value is -1.93. The van der Waals surface area contributed by atoms with Gasteiger partial charge in [-0.2, -0.15) is 0 Å². The summed E-state index contributed by atoms with van der Waals surface area (Å²) in [4.78, 5) is 23.2. The van der Waals surface area contributed by atoms with Crippen LogP contribution in [0.3, 0.4) is 0 Å². The van der Waals surface area contributed by atoms with Crippen LogP contribution in [0.5, 0.6) is 0 Å². The van der Waals surface area contributed by atoms with Gasteiger partial charge in [0.15, 0.2) is 0 Å². The highest BCUT2D eigenvalue weighted by atomic mass is 32.2. The van der Waals surface area contributed by atoms with Crippen molar-refractivity contribution in [1.29, 1.82) is 0 Å². The lowest BCUT2D eigenvalue weighted by molar-refractivity contribution is -0.880. The van der Waals surface area contributed by atoms with Crippen molar-refractivity contribution in [2.45, 2.75) is 6.92 Å². The molecule has 0 saturated heterocycles. The number of nitrogens with zero attached hydrogens (tertiary/aromatic N) is 1. The van der Waals surface area contributed by atoms with Crippen molar-refractivity contribution in [3.63, 3.8) is 0 Å². The molecule has 7 nitrogen and oxygen atoms in total. The number of hydrogen-bond donors (Lipinski definition) is 2. The molecule has 128 valence electrons. The molecule has 0 fully saturated rings. The molecule has 1 aromatic carbocycles. The standard InChI is InChI=1S/C15H23N3O4S/c1-12(19)16-9-10-18(2,3)11-15(20)13-5-7-14(8-6-13)17-23(4,21)22/h5-8H,9-11H2,1-4H3,(H-,16,17,19,20)/p+1. The lowest BCUT2D eigenvalue weighted by Crippen LogP contribution is -2.48. The normalized spacial score (nSPS) is 11.8. The first-order valence-corrected chi connectivity index (χ1v) is 9.05. The van der Waals surface area contributed by atoms with Crippen LogP contribution in [0.25, 0.3) is 0 Å². The number of anilines is 1. The van der Waals surface area contributed by atoms with Crippen LogP contribution in [0.15, 0.2) is 24.3 Å². The maximum absolute atomic E-state index is 12.3. The van der Waals surface area contributed by atoms with Gasteiger partial charge in [0.25, 0.3) is 0 Å². The quantitative estimate of drug-likeness (QED) is 0.530. The fraction of sp³-hybridized carbons (Fsp3) is 0.467. The molecule has 0 aromatic heterocycles. The zero-order chi connectivity index (χ0) is 17.7. The number of ketones is 1. The zero-order valence-corrected chi connectivity index (χ0v) is 14.7. The average Bonchev–Trinajstić information content (AvgIpc) is 2.36. The van der Waals surface area contributed by atoms with Crippen LogP contribution in [0.2, 0.25) is 0 Å². The van der Waals surface area contributed by atoms with Crippen LogP contribution < -0.4 is 10.0 Å². The number of rotatable bonds is 8. The van der Waals surface area contributed by atoms with Crippen LogP contribution in [0.4, 0.5) is 5.69 Å². The van der Waals surface area contributed by atoms with Gasteiger partial charge in [-0.1, -0.05) is 0 Å². The summed E-state index contributed by atoms with van der Waals surface area (Å²) in [5, 5.41) is 2.71. The number of likely N-dealkylation sites (N-methyl/N-ethyl adjacent to an activating group) is 1. The molecule has 0 aliphatic carbocycles. The maximum Gasteiger partial charge on any atom is 0.229 e. The van der Waals surface area contributed by atoms with Gasteiger partial charge in [-0.15, -0.1) is 0 Å². The summed E-state index contributed by atoms with van der Waals surface area (Å²) in [6, 6.07) is 6.32. The Balaban J connectivity index is 2.65. The largest absolute Gasteiger partial charge is 0.351 e. The van der Waals surface area contributed by atoms with E-state index < -0.39 is 10.0 Å². The van der Waals surface area contributed by atoms with Gasteiger partial charge < -0.3 is 9.80 Å². The van der Waals surface area contributed by atoms with E-state index in [2.05, 4.69) is 10.0 Å². The fourth-order valence-electron chi connectivity index (χ4n) is 2.03. The van der Waals surface area contributed by atoms with E-state index in [0.717, 1.165) is 6.26 Å². The number of quaternary nitrogens is 1. The molecule has 0 aliphatic heterocycles. The minimum Gasteiger partial charge on any atom is -0.351 e.